The van der Waals surface area contributed by atoms with E-state index in [0.717, 1.165) is 23.7 Å². The highest BCUT2D eigenvalue weighted by molar-refractivity contribution is 5.54. The van der Waals surface area contributed by atoms with Crippen LogP contribution < -0.4 is 0 Å². The van der Waals surface area contributed by atoms with E-state index in [-0.39, 0.29) is 0 Å². The van der Waals surface area contributed by atoms with Crippen LogP contribution in [0.2, 0.25) is 0 Å². The molecule has 0 heterocycles. The zero-order chi connectivity index (χ0) is 9.28. The largest absolute Gasteiger partial charge is 0.0845 e. The van der Waals surface area contributed by atoms with E-state index < -0.39 is 0 Å². The SMILES string of the molecule is Cc1cccc2c1[C@@H]1[C@H]2[C@H]2C=C[C@@H]1C2. The Morgan fingerprint density at radius 3 is 2.71 bits per heavy atom. The molecule has 1 fully saturated rings. The summed E-state index contributed by atoms with van der Waals surface area (Å²) in [5, 5.41) is 0. The molecule has 4 atom stereocenters. The van der Waals surface area contributed by atoms with E-state index in [1.165, 1.54) is 12.0 Å². The molecule has 1 saturated carbocycles. The van der Waals surface area contributed by atoms with Gasteiger partial charge in [0.25, 0.3) is 0 Å². The van der Waals surface area contributed by atoms with Crippen molar-refractivity contribution >= 4 is 0 Å². The quantitative estimate of drug-likeness (QED) is 0.539. The van der Waals surface area contributed by atoms with Gasteiger partial charge in [-0.15, -0.1) is 0 Å². The highest BCUT2D eigenvalue weighted by atomic mass is 14.6. The van der Waals surface area contributed by atoms with Gasteiger partial charge in [-0.25, -0.2) is 0 Å². The Balaban J connectivity index is 1.94. The number of fused-ring (bicyclic) bond motifs is 8. The average molecular weight is 182 g/mol. The van der Waals surface area contributed by atoms with Crippen molar-refractivity contribution in [2.75, 3.05) is 0 Å². The van der Waals surface area contributed by atoms with Gasteiger partial charge in [-0.3, -0.25) is 0 Å². The van der Waals surface area contributed by atoms with Gasteiger partial charge in [0.1, 0.15) is 0 Å². The second-order valence-electron chi connectivity index (χ2n) is 5.08. The third-order valence-corrected chi connectivity index (χ3v) is 4.51. The molecule has 2 bridgehead atoms. The fourth-order valence-electron chi connectivity index (χ4n) is 3.99. The third kappa shape index (κ3) is 0.618. The Hall–Kier alpha value is -1.04. The van der Waals surface area contributed by atoms with Gasteiger partial charge >= 0.3 is 0 Å². The van der Waals surface area contributed by atoms with E-state index in [9.17, 15) is 0 Å². The lowest BCUT2D eigenvalue weighted by atomic mass is 9.62. The van der Waals surface area contributed by atoms with Gasteiger partial charge in [-0.1, -0.05) is 30.4 Å². The minimum Gasteiger partial charge on any atom is -0.0845 e. The standard InChI is InChI=1S/C14H14/c1-8-3-2-4-11-12(8)14-10-6-5-9(7-10)13(11)14/h2-6,9-10,13-14H,7H2,1H3/t9-,10+,13-,14+/m0/s1. The van der Waals surface area contributed by atoms with Crippen LogP contribution in [0.3, 0.4) is 0 Å². The summed E-state index contributed by atoms with van der Waals surface area (Å²) in [5.74, 6) is 3.53. The molecule has 4 rings (SSSR count). The van der Waals surface area contributed by atoms with Crippen LogP contribution in [0, 0.1) is 18.8 Å². The Morgan fingerprint density at radius 1 is 1.07 bits per heavy atom. The summed E-state index contributed by atoms with van der Waals surface area (Å²) in [7, 11) is 0. The monoisotopic (exact) mass is 182 g/mol. The molecule has 0 amide bonds. The molecule has 1 aromatic carbocycles. The minimum absolute atomic E-state index is 0.874. The van der Waals surface area contributed by atoms with Crippen LogP contribution in [0.1, 0.15) is 34.9 Å². The Kier molecular flexibility index (Phi) is 1.11. The molecule has 70 valence electrons. The Morgan fingerprint density at radius 2 is 1.86 bits per heavy atom. The van der Waals surface area contributed by atoms with E-state index >= 15 is 0 Å². The number of aryl methyl sites for hydroxylation is 1. The van der Waals surface area contributed by atoms with E-state index in [0.29, 0.717) is 0 Å². The average Bonchev–Trinajstić information content (AvgIpc) is 2.68. The van der Waals surface area contributed by atoms with Gasteiger partial charge in [0.15, 0.2) is 0 Å². The lowest BCUT2D eigenvalue weighted by Gasteiger charge is -2.42. The van der Waals surface area contributed by atoms with E-state index in [4.69, 9.17) is 0 Å². The molecule has 14 heavy (non-hydrogen) atoms. The van der Waals surface area contributed by atoms with Crippen LogP contribution in [0.15, 0.2) is 30.4 Å². The molecule has 0 unspecified atom stereocenters. The van der Waals surface area contributed by atoms with Crippen molar-refractivity contribution < 1.29 is 0 Å². The first kappa shape index (κ1) is 7.28. The topological polar surface area (TPSA) is 0 Å². The normalized spacial score (nSPS) is 40.6. The maximum Gasteiger partial charge on any atom is -0.00187 e. The summed E-state index contributed by atoms with van der Waals surface area (Å²) in [6.07, 6.45) is 6.34. The second kappa shape index (κ2) is 2.13. The highest BCUT2D eigenvalue weighted by Crippen LogP contribution is 2.65. The van der Waals surface area contributed by atoms with E-state index in [1.54, 1.807) is 11.1 Å². The van der Waals surface area contributed by atoms with Crippen molar-refractivity contribution in [1.82, 2.24) is 0 Å². The summed E-state index contributed by atoms with van der Waals surface area (Å²) in [5.41, 5.74) is 4.87. The molecule has 0 aromatic heterocycles. The molecule has 0 saturated heterocycles. The van der Waals surface area contributed by atoms with Crippen molar-refractivity contribution in [3.8, 4) is 0 Å². The Bertz CT molecular complexity index is 441. The van der Waals surface area contributed by atoms with Crippen molar-refractivity contribution in [2.24, 2.45) is 11.8 Å². The number of rotatable bonds is 0. The summed E-state index contributed by atoms with van der Waals surface area (Å²) in [6.45, 7) is 2.27. The first-order valence-electron chi connectivity index (χ1n) is 5.64. The molecule has 0 radical (unpaired) electrons. The van der Waals surface area contributed by atoms with Crippen molar-refractivity contribution in [3.05, 3.63) is 47.0 Å². The fourth-order valence-corrected chi connectivity index (χ4v) is 3.99. The summed E-state index contributed by atoms with van der Waals surface area (Å²) in [6, 6.07) is 6.84. The highest BCUT2D eigenvalue weighted by Gasteiger charge is 2.53. The Labute approximate surface area is 84.6 Å². The van der Waals surface area contributed by atoms with Gasteiger partial charge in [0.05, 0.1) is 0 Å². The molecule has 1 aromatic rings. The zero-order valence-corrected chi connectivity index (χ0v) is 8.40. The number of benzene rings is 1. The first-order valence-corrected chi connectivity index (χ1v) is 5.64. The predicted octanol–water partition coefficient (Wildman–Crippen LogP) is 3.38. The lowest BCUT2D eigenvalue weighted by Crippen LogP contribution is -2.28. The molecular weight excluding hydrogens is 168 g/mol. The van der Waals surface area contributed by atoms with Gasteiger partial charge in [-0.2, -0.15) is 0 Å². The summed E-state index contributed by atoms with van der Waals surface area (Å²) < 4.78 is 0. The molecular formula is C14H14. The van der Waals surface area contributed by atoms with Crippen LogP contribution in [-0.4, -0.2) is 0 Å². The van der Waals surface area contributed by atoms with Crippen LogP contribution >= 0.6 is 0 Å². The maximum absolute atomic E-state index is 2.46. The van der Waals surface area contributed by atoms with Crippen LogP contribution in [0.4, 0.5) is 0 Å². The van der Waals surface area contributed by atoms with Crippen LogP contribution in [-0.2, 0) is 0 Å². The summed E-state index contributed by atoms with van der Waals surface area (Å²) in [4.78, 5) is 0. The van der Waals surface area contributed by atoms with Crippen LogP contribution in [0.5, 0.6) is 0 Å². The molecule has 3 aliphatic rings. The third-order valence-electron chi connectivity index (χ3n) is 4.51. The van der Waals surface area contributed by atoms with E-state index in [2.05, 4.69) is 37.3 Å². The number of hydrogen-bond donors (Lipinski definition) is 0. The zero-order valence-electron chi connectivity index (χ0n) is 8.40. The lowest BCUT2D eigenvalue weighted by molar-refractivity contribution is 0.441. The molecule has 0 spiro atoms. The minimum atomic E-state index is 0.874. The number of hydrogen-bond acceptors (Lipinski definition) is 0. The number of allylic oxidation sites excluding steroid dienone is 2. The van der Waals surface area contributed by atoms with Gasteiger partial charge in [0, 0.05) is 0 Å². The molecule has 0 nitrogen and oxygen atoms in total. The fraction of sp³-hybridized carbons (Fsp3) is 0.429. The maximum atomic E-state index is 2.46. The van der Waals surface area contributed by atoms with Gasteiger partial charge in [-0.05, 0) is 53.7 Å². The van der Waals surface area contributed by atoms with Crippen molar-refractivity contribution in [3.63, 3.8) is 0 Å². The molecule has 0 N–H and O–H groups in total. The van der Waals surface area contributed by atoms with Crippen LogP contribution in [0.25, 0.3) is 0 Å². The van der Waals surface area contributed by atoms with Crippen molar-refractivity contribution in [2.45, 2.75) is 25.2 Å². The second-order valence-corrected chi connectivity index (χ2v) is 5.08. The molecule has 0 aliphatic heterocycles. The smallest absolute Gasteiger partial charge is 0.00187 e. The first-order chi connectivity index (χ1) is 6.86. The molecule has 3 aliphatic carbocycles. The van der Waals surface area contributed by atoms with Gasteiger partial charge < -0.3 is 0 Å². The predicted molar refractivity (Wildman–Crippen MR) is 57.4 cm³/mol. The summed E-state index contributed by atoms with van der Waals surface area (Å²) >= 11 is 0. The van der Waals surface area contributed by atoms with Crippen molar-refractivity contribution in [1.29, 1.82) is 0 Å². The molecule has 0 heteroatoms. The van der Waals surface area contributed by atoms with E-state index in [1.807, 2.05) is 0 Å². The van der Waals surface area contributed by atoms with Gasteiger partial charge in [0.2, 0.25) is 0 Å².